The lowest BCUT2D eigenvalue weighted by atomic mass is 9.81. The van der Waals surface area contributed by atoms with Crippen molar-refractivity contribution in [3.05, 3.63) is 15.6 Å². The van der Waals surface area contributed by atoms with Crippen LogP contribution in [0.1, 0.15) is 39.6 Å². The number of carbonyl (C=O) groups is 3. The quantitative estimate of drug-likeness (QED) is 0.660. The van der Waals surface area contributed by atoms with Crippen LogP contribution in [0, 0.1) is 5.92 Å². The van der Waals surface area contributed by atoms with E-state index in [-0.39, 0.29) is 41.6 Å². The molecule has 1 aliphatic heterocycles. The van der Waals surface area contributed by atoms with Crippen molar-refractivity contribution in [2.75, 3.05) is 33.6 Å². The van der Waals surface area contributed by atoms with Gasteiger partial charge in [0.15, 0.2) is 5.01 Å². The van der Waals surface area contributed by atoms with E-state index in [1.165, 1.54) is 11.3 Å². The first-order valence-electron chi connectivity index (χ1n) is 9.83. The van der Waals surface area contributed by atoms with Gasteiger partial charge in [0.25, 0.3) is 5.91 Å². The lowest BCUT2D eigenvalue weighted by Crippen LogP contribution is -2.56. The van der Waals surface area contributed by atoms with Crippen LogP contribution in [-0.4, -0.2) is 78.2 Å². The topological polar surface area (TPSA) is 94.6 Å². The highest BCUT2D eigenvalue weighted by atomic mass is 35.5. The number of nitrogens with one attached hydrogen (secondary N) is 2. The van der Waals surface area contributed by atoms with E-state index in [2.05, 4.69) is 27.6 Å². The van der Waals surface area contributed by atoms with E-state index in [4.69, 9.17) is 11.6 Å². The van der Waals surface area contributed by atoms with Crippen LogP contribution in [0.2, 0.25) is 0 Å². The van der Waals surface area contributed by atoms with Crippen molar-refractivity contribution < 1.29 is 14.4 Å². The molecular weight excluding hydrogens is 414 g/mol. The number of carbonyl (C=O) groups excluding carboxylic acids is 3. The molecule has 0 saturated heterocycles. The van der Waals surface area contributed by atoms with Crippen molar-refractivity contribution in [1.29, 1.82) is 0 Å². The van der Waals surface area contributed by atoms with E-state index in [0.29, 0.717) is 24.3 Å². The summed E-state index contributed by atoms with van der Waals surface area (Å²) in [6, 6.07) is -0.599. The smallest absolute Gasteiger partial charge is 0.280 e. The minimum absolute atomic E-state index is 0.0409. The van der Waals surface area contributed by atoms with Gasteiger partial charge in [-0.05, 0) is 26.3 Å². The van der Waals surface area contributed by atoms with Gasteiger partial charge in [0.05, 0.1) is 11.7 Å². The molecule has 3 rings (SSSR count). The van der Waals surface area contributed by atoms with E-state index >= 15 is 0 Å². The molecule has 0 spiro atoms. The zero-order valence-corrected chi connectivity index (χ0v) is 18.6. The Bertz CT molecular complexity index is 784. The van der Waals surface area contributed by atoms with Crippen molar-refractivity contribution in [2.45, 2.75) is 44.3 Å². The lowest BCUT2D eigenvalue weighted by molar-refractivity contribution is -0.134. The molecule has 0 aromatic carbocycles. The Kier molecular flexibility index (Phi) is 7.13. The Hall–Kier alpha value is -1.71. The summed E-state index contributed by atoms with van der Waals surface area (Å²) in [5.74, 6) is -0.804. The van der Waals surface area contributed by atoms with Crippen LogP contribution < -0.4 is 10.6 Å². The summed E-state index contributed by atoms with van der Waals surface area (Å²) in [6.45, 7) is 1.73. The van der Waals surface area contributed by atoms with Gasteiger partial charge in [-0.25, -0.2) is 4.98 Å². The Morgan fingerprint density at radius 3 is 2.69 bits per heavy atom. The second-order valence-corrected chi connectivity index (χ2v) is 9.36. The first-order chi connectivity index (χ1) is 13.8. The highest BCUT2D eigenvalue weighted by molar-refractivity contribution is 7.13. The molecule has 8 nitrogen and oxygen atoms in total. The fourth-order valence-electron chi connectivity index (χ4n) is 3.99. The summed E-state index contributed by atoms with van der Waals surface area (Å²) in [4.78, 5) is 46.6. The number of fused-ring (bicyclic) bond motifs is 1. The van der Waals surface area contributed by atoms with Gasteiger partial charge in [-0.2, -0.15) is 0 Å². The van der Waals surface area contributed by atoms with Gasteiger partial charge >= 0.3 is 0 Å². The molecule has 10 heteroatoms. The van der Waals surface area contributed by atoms with Crippen LogP contribution in [0.25, 0.3) is 0 Å². The molecule has 3 amide bonds. The predicted octanol–water partition coefficient (Wildman–Crippen LogP) is 0.841. The van der Waals surface area contributed by atoms with Crippen molar-refractivity contribution >= 4 is 40.7 Å². The van der Waals surface area contributed by atoms with Crippen LogP contribution in [0.5, 0.6) is 0 Å². The summed E-state index contributed by atoms with van der Waals surface area (Å²) < 4.78 is 0. The molecule has 2 heterocycles. The van der Waals surface area contributed by atoms with E-state index in [1.807, 2.05) is 0 Å². The fourth-order valence-corrected chi connectivity index (χ4v) is 5.16. The Morgan fingerprint density at radius 2 is 2.00 bits per heavy atom. The Morgan fingerprint density at radius 1 is 1.24 bits per heavy atom. The molecule has 160 valence electrons. The van der Waals surface area contributed by atoms with Gasteiger partial charge < -0.3 is 20.4 Å². The van der Waals surface area contributed by atoms with Gasteiger partial charge in [-0.15, -0.1) is 22.9 Å². The van der Waals surface area contributed by atoms with Gasteiger partial charge in [0, 0.05) is 50.4 Å². The molecule has 1 aliphatic carbocycles. The largest absolute Gasteiger partial charge is 0.350 e. The summed E-state index contributed by atoms with van der Waals surface area (Å²) in [5.41, 5.74) is 0.995. The number of nitrogens with zero attached hydrogens (tertiary/aromatic N) is 3. The average Bonchev–Trinajstić information content (AvgIpc) is 3.11. The zero-order valence-electron chi connectivity index (χ0n) is 17.0. The second kappa shape index (κ2) is 9.40. The number of amides is 3. The molecule has 3 unspecified atom stereocenters. The first-order valence-corrected chi connectivity index (χ1v) is 11.2. The van der Waals surface area contributed by atoms with Crippen LogP contribution in [0.15, 0.2) is 0 Å². The summed E-state index contributed by atoms with van der Waals surface area (Å²) in [6.07, 6.45) is 2.59. The molecule has 3 atom stereocenters. The summed E-state index contributed by atoms with van der Waals surface area (Å²) in [7, 11) is 5.51. The molecule has 0 bridgehead atoms. The maximum Gasteiger partial charge on any atom is 0.280 e. The number of rotatable bonds is 5. The Labute approximate surface area is 180 Å². The van der Waals surface area contributed by atoms with E-state index in [1.54, 1.807) is 19.0 Å². The molecular formula is C19H28ClN5O3S. The van der Waals surface area contributed by atoms with Crippen molar-refractivity contribution in [3.63, 3.8) is 0 Å². The number of hydrogen-bond acceptors (Lipinski definition) is 6. The number of aromatic nitrogens is 1. The maximum absolute atomic E-state index is 12.9. The third-order valence-electron chi connectivity index (χ3n) is 5.54. The third-order valence-corrected chi connectivity index (χ3v) is 6.86. The molecule has 1 aromatic rings. The molecule has 2 aliphatic rings. The predicted molar refractivity (Wildman–Crippen MR) is 112 cm³/mol. The van der Waals surface area contributed by atoms with Crippen LogP contribution >= 0.6 is 22.9 Å². The minimum Gasteiger partial charge on any atom is -0.350 e. The lowest BCUT2D eigenvalue weighted by Gasteiger charge is -2.37. The fraction of sp³-hybridized carbons (Fsp3) is 0.684. The molecule has 29 heavy (non-hydrogen) atoms. The molecule has 1 saturated carbocycles. The minimum atomic E-state index is -0.346. The number of alkyl halides is 1. The van der Waals surface area contributed by atoms with Gasteiger partial charge in [-0.1, -0.05) is 0 Å². The number of halogens is 1. The number of likely N-dealkylation sites (N-methyl/N-ethyl adjacent to an activating group) is 1. The monoisotopic (exact) mass is 441 g/mol. The van der Waals surface area contributed by atoms with Crippen molar-refractivity contribution in [3.8, 4) is 0 Å². The van der Waals surface area contributed by atoms with E-state index < -0.39 is 0 Å². The van der Waals surface area contributed by atoms with Crippen molar-refractivity contribution in [1.82, 2.24) is 25.4 Å². The first kappa shape index (κ1) is 22.0. The maximum atomic E-state index is 12.9. The summed E-state index contributed by atoms with van der Waals surface area (Å²) in [5, 5.41) is 6.35. The zero-order chi connectivity index (χ0) is 21.1. The standard InChI is InChI=1S/C19H28ClN5O3S/c1-24(2)19(28)11-4-5-12(21-16(26)9-20)14(8-11)22-17(27)18-23-13-6-7-25(3)10-15(13)29-18/h11-12,14H,4-10H2,1-3H3,(H,21,26)(H,22,27). The molecule has 0 radical (unpaired) electrons. The molecule has 2 N–H and O–H groups in total. The van der Waals surface area contributed by atoms with E-state index in [9.17, 15) is 14.4 Å². The summed E-state index contributed by atoms with van der Waals surface area (Å²) >= 11 is 7.06. The van der Waals surface area contributed by atoms with Crippen LogP contribution in [0.3, 0.4) is 0 Å². The molecule has 1 fully saturated rings. The van der Waals surface area contributed by atoms with Gasteiger partial charge in [0.1, 0.15) is 5.88 Å². The normalized spacial score (nSPS) is 24.5. The number of hydrogen-bond donors (Lipinski definition) is 2. The number of thiazole rings is 1. The average molecular weight is 442 g/mol. The van der Waals surface area contributed by atoms with Crippen molar-refractivity contribution in [2.24, 2.45) is 5.92 Å². The van der Waals surface area contributed by atoms with Gasteiger partial charge in [0.2, 0.25) is 11.8 Å². The third kappa shape index (κ3) is 5.26. The Balaban J connectivity index is 1.73. The SMILES string of the molecule is CN1CCc2nc(C(=O)NC3CC(C(=O)N(C)C)CCC3NC(=O)CCl)sc2C1. The second-order valence-electron chi connectivity index (χ2n) is 8.01. The van der Waals surface area contributed by atoms with E-state index in [0.717, 1.165) is 30.1 Å². The van der Waals surface area contributed by atoms with Gasteiger partial charge in [-0.3, -0.25) is 14.4 Å². The highest BCUT2D eigenvalue weighted by Gasteiger charge is 2.36. The molecule has 1 aromatic heterocycles. The highest BCUT2D eigenvalue weighted by Crippen LogP contribution is 2.28. The van der Waals surface area contributed by atoms with Crippen LogP contribution in [-0.2, 0) is 22.6 Å². The van der Waals surface area contributed by atoms with Crippen LogP contribution in [0.4, 0.5) is 0 Å².